The molecule has 1 N–H and O–H groups in total. The van der Waals surface area contributed by atoms with Crippen molar-refractivity contribution in [3.63, 3.8) is 0 Å². The highest BCUT2D eigenvalue weighted by molar-refractivity contribution is 7.91. The first-order valence-corrected chi connectivity index (χ1v) is 10.4. The summed E-state index contributed by atoms with van der Waals surface area (Å²) in [6.07, 6.45) is 0.601. The van der Waals surface area contributed by atoms with Gasteiger partial charge in [0, 0.05) is 18.2 Å². The maximum absolute atomic E-state index is 12.3. The Morgan fingerprint density at radius 3 is 2.65 bits per heavy atom. The van der Waals surface area contributed by atoms with E-state index in [9.17, 15) is 13.2 Å². The van der Waals surface area contributed by atoms with Crippen LogP contribution in [0.5, 0.6) is 0 Å². The lowest BCUT2D eigenvalue weighted by molar-refractivity contribution is 0.102. The normalized spacial score (nSPS) is 18.5. The number of nitrogens with zero attached hydrogens (tertiary/aromatic N) is 3. The van der Waals surface area contributed by atoms with Crippen molar-refractivity contribution in [2.45, 2.75) is 26.3 Å². The number of anilines is 2. The van der Waals surface area contributed by atoms with E-state index in [0.29, 0.717) is 30.2 Å². The number of aromatic nitrogens is 2. The molecule has 0 bridgehead atoms. The van der Waals surface area contributed by atoms with E-state index in [-0.39, 0.29) is 23.5 Å². The van der Waals surface area contributed by atoms with Crippen molar-refractivity contribution in [3.8, 4) is 0 Å². The molecular formula is C18H22N4O3S. The van der Waals surface area contributed by atoms with E-state index in [4.69, 9.17) is 0 Å². The second-order valence-corrected chi connectivity index (χ2v) is 8.67. The van der Waals surface area contributed by atoms with Crippen LogP contribution in [-0.4, -0.2) is 48.6 Å². The monoisotopic (exact) mass is 374 g/mol. The van der Waals surface area contributed by atoms with Crippen LogP contribution in [0.15, 0.2) is 36.4 Å². The van der Waals surface area contributed by atoms with Crippen LogP contribution in [0.3, 0.4) is 0 Å². The second kappa shape index (κ2) is 7.41. The van der Waals surface area contributed by atoms with Crippen LogP contribution in [0.25, 0.3) is 0 Å². The summed E-state index contributed by atoms with van der Waals surface area (Å²) >= 11 is 0. The van der Waals surface area contributed by atoms with Crippen LogP contribution in [0, 0.1) is 6.92 Å². The summed E-state index contributed by atoms with van der Waals surface area (Å²) in [5.74, 6) is 1.09. The van der Waals surface area contributed by atoms with Crippen LogP contribution in [-0.2, 0) is 9.84 Å². The third-order valence-electron chi connectivity index (χ3n) is 4.46. The Bertz CT molecular complexity index is 897. The zero-order valence-electron chi connectivity index (χ0n) is 14.8. The van der Waals surface area contributed by atoms with Crippen LogP contribution in [0.4, 0.5) is 11.6 Å². The highest BCUT2D eigenvalue weighted by atomic mass is 32.2. The molecule has 7 nitrogen and oxygen atoms in total. The SMILES string of the molecule is CCN(c1ccc(NC(=O)c2cccc(C)c2)nn1)C1CCS(=O)(=O)C1. The van der Waals surface area contributed by atoms with Gasteiger partial charge in [0.05, 0.1) is 11.5 Å². The van der Waals surface area contributed by atoms with Crippen molar-refractivity contribution in [2.24, 2.45) is 0 Å². The minimum absolute atomic E-state index is 0.0768. The molecule has 138 valence electrons. The fourth-order valence-corrected chi connectivity index (χ4v) is 4.88. The van der Waals surface area contributed by atoms with E-state index in [1.54, 1.807) is 24.3 Å². The summed E-state index contributed by atoms with van der Waals surface area (Å²) in [6.45, 7) is 4.53. The van der Waals surface area contributed by atoms with Gasteiger partial charge in [0.15, 0.2) is 21.5 Å². The summed E-state index contributed by atoms with van der Waals surface area (Å²) in [4.78, 5) is 14.2. The topological polar surface area (TPSA) is 92.3 Å². The van der Waals surface area contributed by atoms with E-state index >= 15 is 0 Å². The summed E-state index contributed by atoms with van der Waals surface area (Å²) in [7, 11) is -2.96. The first kappa shape index (κ1) is 18.3. The molecule has 1 aromatic carbocycles. The standard InChI is InChI=1S/C18H22N4O3S/c1-3-22(15-9-10-26(24,25)12-15)17-8-7-16(20-21-17)19-18(23)14-6-4-5-13(2)11-14/h4-8,11,15H,3,9-10,12H2,1-2H3,(H,19,20,23). The quantitative estimate of drug-likeness (QED) is 0.861. The van der Waals surface area contributed by atoms with E-state index in [1.165, 1.54) is 0 Å². The fraction of sp³-hybridized carbons (Fsp3) is 0.389. The van der Waals surface area contributed by atoms with Crippen LogP contribution < -0.4 is 10.2 Å². The first-order chi connectivity index (χ1) is 12.4. The highest BCUT2D eigenvalue weighted by Gasteiger charge is 2.32. The van der Waals surface area contributed by atoms with Crippen molar-refractivity contribution < 1.29 is 13.2 Å². The summed E-state index contributed by atoms with van der Waals surface area (Å²) in [6, 6.07) is 10.7. The maximum Gasteiger partial charge on any atom is 0.256 e. The molecule has 1 fully saturated rings. The molecule has 1 aliphatic heterocycles. The Hall–Kier alpha value is -2.48. The van der Waals surface area contributed by atoms with E-state index < -0.39 is 9.84 Å². The van der Waals surface area contributed by atoms with Gasteiger partial charge in [-0.3, -0.25) is 4.79 Å². The number of hydrogen-bond donors (Lipinski definition) is 1. The van der Waals surface area contributed by atoms with Gasteiger partial charge in [-0.2, -0.15) is 0 Å². The Labute approximate surface area is 153 Å². The maximum atomic E-state index is 12.3. The van der Waals surface area contributed by atoms with Crippen molar-refractivity contribution in [1.29, 1.82) is 0 Å². The summed E-state index contributed by atoms with van der Waals surface area (Å²) in [5, 5.41) is 11.0. The number of benzene rings is 1. The number of sulfone groups is 1. The molecular weight excluding hydrogens is 352 g/mol. The van der Waals surface area contributed by atoms with Crippen molar-refractivity contribution in [1.82, 2.24) is 10.2 Å². The molecule has 0 saturated carbocycles. The minimum atomic E-state index is -2.96. The molecule has 26 heavy (non-hydrogen) atoms. The van der Waals surface area contributed by atoms with Gasteiger partial charge >= 0.3 is 0 Å². The number of carbonyl (C=O) groups excluding carboxylic acids is 1. The molecule has 0 aliphatic carbocycles. The molecule has 2 heterocycles. The lowest BCUT2D eigenvalue weighted by atomic mass is 10.1. The Kier molecular flexibility index (Phi) is 5.22. The summed E-state index contributed by atoms with van der Waals surface area (Å²) in [5.41, 5.74) is 1.56. The van der Waals surface area contributed by atoms with Crippen LogP contribution in [0.2, 0.25) is 0 Å². The molecule has 3 rings (SSSR count). The average Bonchev–Trinajstić information content (AvgIpc) is 2.96. The largest absolute Gasteiger partial charge is 0.351 e. The van der Waals surface area contributed by atoms with Crippen LogP contribution >= 0.6 is 0 Å². The molecule has 8 heteroatoms. The van der Waals surface area contributed by atoms with Crippen molar-refractivity contribution in [3.05, 3.63) is 47.5 Å². The number of carbonyl (C=O) groups is 1. The number of hydrogen-bond acceptors (Lipinski definition) is 6. The van der Waals surface area contributed by atoms with E-state index in [2.05, 4.69) is 15.5 Å². The van der Waals surface area contributed by atoms with Gasteiger partial charge in [0.25, 0.3) is 5.91 Å². The minimum Gasteiger partial charge on any atom is -0.351 e. The number of rotatable bonds is 5. The predicted molar refractivity (Wildman–Crippen MR) is 101 cm³/mol. The van der Waals surface area contributed by atoms with Gasteiger partial charge < -0.3 is 10.2 Å². The summed E-state index contributed by atoms with van der Waals surface area (Å²) < 4.78 is 23.4. The Balaban J connectivity index is 1.70. The van der Waals surface area contributed by atoms with Gasteiger partial charge in [-0.15, -0.1) is 10.2 Å². The predicted octanol–water partition coefficient (Wildman–Crippen LogP) is 2.05. The van der Waals surface area contributed by atoms with Crippen molar-refractivity contribution >= 4 is 27.4 Å². The Morgan fingerprint density at radius 1 is 1.27 bits per heavy atom. The second-order valence-electron chi connectivity index (χ2n) is 6.44. The zero-order valence-corrected chi connectivity index (χ0v) is 15.7. The Morgan fingerprint density at radius 2 is 2.08 bits per heavy atom. The number of amides is 1. The molecule has 1 amide bonds. The van der Waals surface area contributed by atoms with Gasteiger partial charge in [-0.25, -0.2) is 8.42 Å². The lowest BCUT2D eigenvalue weighted by Crippen LogP contribution is -2.36. The first-order valence-electron chi connectivity index (χ1n) is 8.57. The molecule has 2 aromatic rings. The molecule has 1 unspecified atom stereocenters. The molecule has 1 aliphatic rings. The molecule has 0 spiro atoms. The van der Waals surface area contributed by atoms with Crippen molar-refractivity contribution in [2.75, 3.05) is 28.3 Å². The average molecular weight is 374 g/mol. The smallest absolute Gasteiger partial charge is 0.256 e. The van der Waals surface area contributed by atoms with E-state index in [1.807, 2.05) is 30.9 Å². The fourth-order valence-electron chi connectivity index (χ4n) is 3.15. The van der Waals surface area contributed by atoms with Crippen LogP contribution in [0.1, 0.15) is 29.3 Å². The third kappa shape index (κ3) is 4.19. The van der Waals surface area contributed by atoms with Gasteiger partial charge in [0.1, 0.15) is 0 Å². The molecule has 0 radical (unpaired) electrons. The van der Waals surface area contributed by atoms with Gasteiger partial charge in [0.2, 0.25) is 0 Å². The zero-order chi connectivity index (χ0) is 18.7. The third-order valence-corrected chi connectivity index (χ3v) is 6.21. The van der Waals surface area contributed by atoms with Gasteiger partial charge in [-0.05, 0) is 44.5 Å². The number of aryl methyl sites for hydroxylation is 1. The molecule has 1 aromatic heterocycles. The molecule has 1 atom stereocenters. The van der Waals surface area contributed by atoms with E-state index in [0.717, 1.165) is 5.56 Å². The number of nitrogens with one attached hydrogen (secondary N) is 1. The molecule has 1 saturated heterocycles. The van der Waals surface area contributed by atoms with Gasteiger partial charge in [-0.1, -0.05) is 17.7 Å². The highest BCUT2D eigenvalue weighted by Crippen LogP contribution is 2.23. The lowest BCUT2D eigenvalue weighted by Gasteiger charge is -2.27.